The Morgan fingerprint density at radius 3 is 2.42 bits per heavy atom. The highest BCUT2D eigenvalue weighted by Gasteiger charge is 2.23. The van der Waals surface area contributed by atoms with Crippen LogP contribution in [0.3, 0.4) is 0 Å². The number of hydrogen-bond acceptors (Lipinski definition) is 4. The zero-order valence-electron chi connectivity index (χ0n) is 14.2. The number of carbonyl (C=O) groups excluding carboxylic acids is 1. The first-order chi connectivity index (χ1) is 12.4. The van der Waals surface area contributed by atoms with E-state index >= 15 is 0 Å². The molecular formula is C17H19F2N5O2. The lowest BCUT2D eigenvalue weighted by atomic mass is 10.0. The minimum atomic E-state index is -0.630. The first-order valence-electron chi connectivity index (χ1n) is 8.23. The number of nitrogens with one attached hydrogen (secondary N) is 2. The van der Waals surface area contributed by atoms with E-state index in [-0.39, 0.29) is 17.6 Å². The molecule has 9 heteroatoms. The number of rotatable bonds is 3. The molecule has 0 spiro atoms. The Balaban J connectivity index is 1.53. The molecule has 2 aromatic rings. The van der Waals surface area contributed by atoms with Crippen molar-refractivity contribution in [1.29, 1.82) is 0 Å². The molecule has 0 radical (unpaired) electrons. The third-order valence-electron chi connectivity index (χ3n) is 4.21. The van der Waals surface area contributed by atoms with Crippen LogP contribution in [0.2, 0.25) is 0 Å². The van der Waals surface area contributed by atoms with Gasteiger partial charge < -0.3 is 10.2 Å². The monoisotopic (exact) mass is 363 g/mol. The molecule has 26 heavy (non-hydrogen) atoms. The number of aryl methyl sites for hydroxylation is 1. The van der Waals surface area contributed by atoms with Crippen molar-refractivity contribution in [2.45, 2.75) is 18.9 Å². The molecule has 1 aromatic heterocycles. The number of nitrogens with zero attached hydrogens (tertiary/aromatic N) is 3. The van der Waals surface area contributed by atoms with Gasteiger partial charge in [-0.2, -0.15) is 5.10 Å². The lowest BCUT2D eigenvalue weighted by Crippen LogP contribution is -2.44. The van der Waals surface area contributed by atoms with Crippen LogP contribution >= 0.6 is 0 Å². The summed E-state index contributed by atoms with van der Waals surface area (Å²) in [5.74, 6) is -0.962. The molecular weight excluding hydrogens is 344 g/mol. The van der Waals surface area contributed by atoms with Crippen LogP contribution in [-0.4, -0.2) is 39.8 Å². The SMILES string of the molecule is Cn1nc(NC(=O)N2CCC(Nc3cc(F)cc(F)c3)CC2)ccc1=O. The summed E-state index contributed by atoms with van der Waals surface area (Å²) in [4.78, 5) is 25.2. The van der Waals surface area contributed by atoms with E-state index < -0.39 is 11.6 Å². The highest BCUT2D eigenvalue weighted by atomic mass is 19.1. The third kappa shape index (κ3) is 4.35. The Hall–Kier alpha value is -2.97. The Morgan fingerprint density at radius 1 is 1.15 bits per heavy atom. The Kier molecular flexibility index (Phi) is 5.15. The van der Waals surface area contributed by atoms with Gasteiger partial charge in [-0.25, -0.2) is 18.3 Å². The number of hydrogen-bond donors (Lipinski definition) is 2. The van der Waals surface area contributed by atoms with E-state index in [1.165, 1.54) is 31.3 Å². The molecule has 1 aliphatic rings. The Morgan fingerprint density at radius 2 is 1.81 bits per heavy atom. The van der Waals surface area contributed by atoms with Crippen LogP contribution in [0.5, 0.6) is 0 Å². The predicted octanol–water partition coefficient (Wildman–Crippen LogP) is 2.17. The van der Waals surface area contributed by atoms with Gasteiger partial charge in [0.2, 0.25) is 0 Å². The van der Waals surface area contributed by atoms with Gasteiger partial charge in [0, 0.05) is 44.0 Å². The summed E-state index contributed by atoms with van der Waals surface area (Å²) in [6.45, 7) is 0.986. The molecule has 1 saturated heterocycles. The van der Waals surface area contributed by atoms with Crippen molar-refractivity contribution in [3.63, 3.8) is 0 Å². The molecule has 0 bridgehead atoms. The zero-order valence-corrected chi connectivity index (χ0v) is 14.2. The van der Waals surface area contributed by atoms with Crippen LogP contribution < -0.4 is 16.2 Å². The summed E-state index contributed by atoms with van der Waals surface area (Å²) >= 11 is 0. The second-order valence-electron chi connectivity index (χ2n) is 6.17. The summed E-state index contributed by atoms with van der Waals surface area (Å²) < 4.78 is 27.6. The Labute approximate surface area is 148 Å². The van der Waals surface area contributed by atoms with E-state index in [1.807, 2.05) is 0 Å². The van der Waals surface area contributed by atoms with Crippen LogP contribution in [0.4, 0.5) is 25.1 Å². The lowest BCUT2D eigenvalue weighted by molar-refractivity contribution is 0.197. The van der Waals surface area contributed by atoms with E-state index in [2.05, 4.69) is 15.7 Å². The maximum absolute atomic E-state index is 13.2. The van der Waals surface area contributed by atoms with Crippen molar-refractivity contribution in [3.8, 4) is 0 Å². The smallest absolute Gasteiger partial charge is 0.323 e. The summed E-state index contributed by atoms with van der Waals surface area (Å²) in [5, 5.41) is 9.71. The van der Waals surface area contributed by atoms with Gasteiger partial charge in [0.25, 0.3) is 5.56 Å². The minimum absolute atomic E-state index is 0.0240. The molecule has 1 aromatic carbocycles. The fourth-order valence-corrected chi connectivity index (χ4v) is 2.86. The molecule has 0 aliphatic carbocycles. The average molecular weight is 363 g/mol. The predicted molar refractivity (Wildman–Crippen MR) is 93.1 cm³/mol. The number of aromatic nitrogens is 2. The molecule has 1 fully saturated rings. The number of amides is 2. The molecule has 0 atom stereocenters. The quantitative estimate of drug-likeness (QED) is 0.876. The second-order valence-corrected chi connectivity index (χ2v) is 6.17. The number of anilines is 2. The minimum Gasteiger partial charge on any atom is -0.382 e. The van der Waals surface area contributed by atoms with E-state index in [0.29, 0.717) is 37.4 Å². The van der Waals surface area contributed by atoms with Crippen LogP contribution in [0.1, 0.15) is 12.8 Å². The summed E-state index contributed by atoms with van der Waals surface area (Å²) in [7, 11) is 1.50. The molecule has 1 aliphatic heterocycles. The van der Waals surface area contributed by atoms with Crippen LogP contribution in [0, 0.1) is 11.6 Å². The number of benzene rings is 1. The summed E-state index contributed by atoms with van der Waals surface area (Å²) in [5.41, 5.74) is 0.128. The number of halogens is 2. The van der Waals surface area contributed by atoms with Crippen molar-refractivity contribution in [3.05, 3.63) is 52.3 Å². The number of urea groups is 1. The second kappa shape index (κ2) is 7.51. The van der Waals surface area contributed by atoms with Crippen molar-refractivity contribution < 1.29 is 13.6 Å². The largest absolute Gasteiger partial charge is 0.382 e. The number of carbonyl (C=O) groups is 1. The van der Waals surface area contributed by atoms with Gasteiger partial charge in [0.05, 0.1) is 0 Å². The highest BCUT2D eigenvalue weighted by molar-refractivity contribution is 5.88. The van der Waals surface area contributed by atoms with E-state index in [0.717, 1.165) is 10.7 Å². The van der Waals surface area contributed by atoms with Crippen molar-refractivity contribution in [2.24, 2.45) is 7.05 Å². The van der Waals surface area contributed by atoms with Crippen LogP contribution in [0.15, 0.2) is 35.1 Å². The normalized spacial score (nSPS) is 15.0. The van der Waals surface area contributed by atoms with Crippen molar-refractivity contribution >= 4 is 17.5 Å². The highest BCUT2D eigenvalue weighted by Crippen LogP contribution is 2.19. The van der Waals surface area contributed by atoms with E-state index in [9.17, 15) is 18.4 Å². The van der Waals surface area contributed by atoms with Crippen LogP contribution in [0.25, 0.3) is 0 Å². The van der Waals surface area contributed by atoms with Gasteiger partial charge in [0.1, 0.15) is 11.6 Å². The molecule has 0 saturated carbocycles. The maximum atomic E-state index is 13.2. The van der Waals surface area contributed by atoms with E-state index in [4.69, 9.17) is 0 Å². The topological polar surface area (TPSA) is 79.3 Å². The fourth-order valence-electron chi connectivity index (χ4n) is 2.86. The average Bonchev–Trinajstić information content (AvgIpc) is 2.58. The number of piperidine rings is 1. The molecule has 0 unspecified atom stereocenters. The van der Waals surface area contributed by atoms with E-state index in [1.54, 1.807) is 4.90 Å². The molecule has 2 amide bonds. The van der Waals surface area contributed by atoms with Gasteiger partial charge in [-0.1, -0.05) is 0 Å². The standard InChI is InChI=1S/C17H19F2N5O2/c1-23-16(25)3-2-15(22-23)21-17(26)24-6-4-13(5-7-24)20-14-9-11(18)8-12(19)10-14/h2-3,8-10,13,20H,4-7H2,1H3,(H,21,22,26). The van der Waals surface area contributed by atoms with Crippen LogP contribution in [-0.2, 0) is 7.05 Å². The lowest BCUT2D eigenvalue weighted by Gasteiger charge is -2.32. The van der Waals surface area contributed by atoms with Gasteiger partial charge in [-0.05, 0) is 31.0 Å². The molecule has 2 N–H and O–H groups in total. The van der Waals surface area contributed by atoms with Crippen molar-refractivity contribution in [2.75, 3.05) is 23.7 Å². The summed E-state index contributed by atoms with van der Waals surface area (Å²) in [6, 6.07) is 5.82. The molecule has 7 nitrogen and oxygen atoms in total. The third-order valence-corrected chi connectivity index (χ3v) is 4.21. The first kappa shape index (κ1) is 17.8. The molecule has 138 valence electrons. The zero-order chi connectivity index (χ0) is 18.7. The van der Waals surface area contributed by atoms with Gasteiger partial charge in [-0.15, -0.1) is 0 Å². The van der Waals surface area contributed by atoms with Gasteiger partial charge >= 0.3 is 6.03 Å². The van der Waals surface area contributed by atoms with Crippen molar-refractivity contribution in [1.82, 2.24) is 14.7 Å². The Bertz CT molecular complexity index is 842. The fraction of sp³-hybridized carbons (Fsp3) is 0.353. The van der Waals surface area contributed by atoms with Gasteiger partial charge in [0.15, 0.2) is 5.82 Å². The number of likely N-dealkylation sites (tertiary alicyclic amines) is 1. The summed E-state index contributed by atoms with van der Waals surface area (Å²) in [6.07, 6.45) is 1.29. The maximum Gasteiger partial charge on any atom is 0.323 e. The molecule has 3 rings (SSSR count). The van der Waals surface area contributed by atoms with Gasteiger partial charge in [-0.3, -0.25) is 10.1 Å². The molecule has 2 heterocycles. The first-order valence-corrected chi connectivity index (χ1v) is 8.23.